The van der Waals surface area contributed by atoms with Crippen molar-refractivity contribution in [3.8, 4) is 10.8 Å². The number of carbonyl (C=O) groups is 2. The Morgan fingerprint density at radius 3 is 2.58 bits per heavy atom. The first kappa shape index (κ1) is 21.0. The Morgan fingerprint density at radius 2 is 1.79 bits per heavy atom. The summed E-state index contributed by atoms with van der Waals surface area (Å²) in [5.41, 5.74) is 3.86. The summed E-state index contributed by atoms with van der Waals surface area (Å²) in [5, 5.41) is 5.22. The summed E-state index contributed by atoms with van der Waals surface area (Å²) < 4.78 is 0. The molecule has 0 radical (unpaired) electrons. The Bertz CT molecular complexity index is 1300. The zero-order valence-electron chi connectivity index (χ0n) is 17.9. The number of amides is 2. The molecular weight excluding hydrogens is 434 g/mol. The summed E-state index contributed by atoms with van der Waals surface area (Å²) in [6, 6.07) is 16.4. The molecule has 0 bridgehead atoms. The Morgan fingerprint density at radius 1 is 1.03 bits per heavy atom. The van der Waals surface area contributed by atoms with Crippen molar-refractivity contribution in [2.24, 2.45) is 0 Å². The first-order valence-corrected chi connectivity index (χ1v) is 11.5. The fourth-order valence-electron chi connectivity index (χ4n) is 3.92. The Kier molecular flexibility index (Phi) is 5.66. The number of fused-ring (bicyclic) bond motifs is 1. The van der Waals surface area contributed by atoms with Gasteiger partial charge in [0, 0.05) is 29.1 Å². The second kappa shape index (κ2) is 8.91. The number of aromatic nitrogens is 3. The lowest BCUT2D eigenvalue weighted by Crippen LogP contribution is -2.50. The number of nitrogens with zero attached hydrogens (tertiary/aromatic N) is 4. The topological polar surface area (TPSA) is 88.1 Å². The highest BCUT2D eigenvalue weighted by Crippen LogP contribution is 2.33. The molecule has 1 N–H and O–H groups in total. The largest absolute Gasteiger partial charge is 0.324 e. The van der Waals surface area contributed by atoms with E-state index in [9.17, 15) is 9.59 Å². The molecule has 2 aromatic heterocycles. The van der Waals surface area contributed by atoms with Gasteiger partial charge in [0.05, 0.1) is 0 Å². The maximum absolute atomic E-state index is 13.7. The molecule has 7 nitrogen and oxygen atoms in total. The average molecular weight is 456 g/mol. The number of para-hydroxylation sites is 1. The number of carbonyl (C=O) groups excluding carboxylic acids is 2. The van der Waals surface area contributed by atoms with E-state index in [0.717, 1.165) is 16.8 Å². The van der Waals surface area contributed by atoms with Crippen LogP contribution in [-0.2, 0) is 11.2 Å². The Hall–Kier alpha value is -3.91. The maximum atomic E-state index is 13.7. The highest BCUT2D eigenvalue weighted by molar-refractivity contribution is 7.13. The molecule has 2 aromatic carbocycles. The monoisotopic (exact) mass is 455 g/mol. The zero-order valence-corrected chi connectivity index (χ0v) is 18.7. The molecule has 3 heterocycles. The van der Waals surface area contributed by atoms with Gasteiger partial charge < -0.3 is 5.32 Å². The number of hydrogen-bond acceptors (Lipinski definition) is 6. The third-order valence-electron chi connectivity index (χ3n) is 5.57. The lowest BCUT2D eigenvalue weighted by atomic mass is 9.94. The van der Waals surface area contributed by atoms with Crippen molar-refractivity contribution >= 4 is 34.5 Å². The van der Waals surface area contributed by atoms with Gasteiger partial charge >= 0.3 is 0 Å². The molecule has 1 unspecified atom stereocenters. The molecule has 1 aliphatic rings. The van der Waals surface area contributed by atoms with Crippen LogP contribution >= 0.6 is 11.3 Å². The maximum Gasteiger partial charge on any atom is 0.278 e. The van der Waals surface area contributed by atoms with Gasteiger partial charge in [-0.2, -0.15) is 0 Å². The fraction of sp³-hybridized carbons (Fsp3) is 0.160. The van der Waals surface area contributed by atoms with E-state index in [-0.39, 0.29) is 17.5 Å². The lowest BCUT2D eigenvalue weighted by Gasteiger charge is -2.36. The second-order valence-corrected chi connectivity index (χ2v) is 8.68. The van der Waals surface area contributed by atoms with E-state index < -0.39 is 6.04 Å². The smallest absolute Gasteiger partial charge is 0.278 e. The molecule has 0 aliphatic carbocycles. The van der Waals surface area contributed by atoms with E-state index in [1.165, 1.54) is 11.3 Å². The van der Waals surface area contributed by atoms with Gasteiger partial charge in [0.2, 0.25) is 5.91 Å². The van der Waals surface area contributed by atoms with Gasteiger partial charge in [-0.3, -0.25) is 14.5 Å². The SMILES string of the molecule is Cc1ccc(NC(=O)C2CCc3ccccc3N2C(=O)c2csc(-c3ncccn3)n2)cc1. The molecule has 164 valence electrons. The van der Waals surface area contributed by atoms with Crippen LogP contribution in [0, 0.1) is 6.92 Å². The van der Waals surface area contributed by atoms with E-state index >= 15 is 0 Å². The van der Waals surface area contributed by atoms with Crippen molar-refractivity contribution in [3.63, 3.8) is 0 Å². The summed E-state index contributed by atoms with van der Waals surface area (Å²) in [6.45, 7) is 1.99. The van der Waals surface area contributed by atoms with Crippen molar-refractivity contribution in [1.82, 2.24) is 15.0 Å². The number of anilines is 2. The van der Waals surface area contributed by atoms with Crippen LogP contribution in [0.1, 0.15) is 28.0 Å². The Labute approximate surface area is 195 Å². The van der Waals surface area contributed by atoms with E-state index in [4.69, 9.17) is 0 Å². The van der Waals surface area contributed by atoms with Crippen LogP contribution < -0.4 is 10.2 Å². The number of benzene rings is 2. The summed E-state index contributed by atoms with van der Waals surface area (Å²) in [6.07, 6.45) is 4.51. The average Bonchev–Trinajstić information content (AvgIpc) is 3.35. The quantitative estimate of drug-likeness (QED) is 0.489. The van der Waals surface area contributed by atoms with Crippen molar-refractivity contribution < 1.29 is 9.59 Å². The van der Waals surface area contributed by atoms with Crippen LogP contribution in [0.3, 0.4) is 0 Å². The first-order valence-electron chi connectivity index (χ1n) is 10.6. The van der Waals surface area contributed by atoms with Gasteiger partial charge in [-0.1, -0.05) is 35.9 Å². The van der Waals surface area contributed by atoms with Crippen LogP contribution in [0.25, 0.3) is 10.8 Å². The lowest BCUT2D eigenvalue weighted by molar-refractivity contribution is -0.117. The van der Waals surface area contributed by atoms with Gasteiger partial charge in [-0.25, -0.2) is 15.0 Å². The highest BCUT2D eigenvalue weighted by Gasteiger charge is 2.37. The molecule has 0 fully saturated rings. The van der Waals surface area contributed by atoms with E-state index in [2.05, 4.69) is 20.3 Å². The number of hydrogen-bond donors (Lipinski definition) is 1. The fourth-order valence-corrected chi connectivity index (χ4v) is 4.65. The van der Waals surface area contributed by atoms with E-state index in [1.54, 1.807) is 28.7 Å². The van der Waals surface area contributed by atoms with Gasteiger partial charge in [-0.15, -0.1) is 11.3 Å². The minimum absolute atomic E-state index is 0.219. The molecule has 0 saturated carbocycles. The standard InChI is InChI=1S/C25H21N5O2S/c1-16-7-10-18(11-8-16)28-23(31)21-12-9-17-5-2-3-6-20(17)30(21)25(32)19-15-33-24(29-19)22-26-13-4-14-27-22/h2-8,10-11,13-15,21H,9,12H2,1H3,(H,28,31). The van der Waals surface area contributed by atoms with Crippen molar-refractivity contribution in [1.29, 1.82) is 0 Å². The highest BCUT2D eigenvalue weighted by atomic mass is 32.1. The van der Waals surface area contributed by atoms with Crippen LogP contribution in [-0.4, -0.2) is 32.8 Å². The number of aryl methyl sites for hydroxylation is 2. The van der Waals surface area contributed by atoms with Crippen LogP contribution in [0.4, 0.5) is 11.4 Å². The predicted molar refractivity (Wildman–Crippen MR) is 128 cm³/mol. The third kappa shape index (κ3) is 4.25. The molecule has 0 saturated heterocycles. The van der Waals surface area contributed by atoms with Gasteiger partial charge in [0.15, 0.2) is 10.8 Å². The first-order chi connectivity index (χ1) is 16.1. The van der Waals surface area contributed by atoms with Crippen LogP contribution in [0.15, 0.2) is 72.4 Å². The van der Waals surface area contributed by atoms with E-state index in [1.807, 2.05) is 55.5 Å². The minimum atomic E-state index is -0.646. The molecule has 2 amide bonds. The predicted octanol–water partition coefficient (Wildman–Crippen LogP) is 4.51. The Balaban J connectivity index is 1.47. The molecule has 0 spiro atoms. The van der Waals surface area contributed by atoms with Crippen LogP contribution in [0.2, 0.25) is 0 Å². The van der Waals surface area contributed by atoms with Crippen molar-refractivity contribution in [2.75, 3.05) is 10.2 Å². The number of thiazole rings is 1. The molecule has 1 aliphatic heterocycles. The van der Waals surface area contributed by atoms with Gasteiger partial charge in [-0.05, 0) is 49.6 Å². The molecule has 1 atom stereocenters. The molecule has 8 heteroatoms. The van der Waals surface area contributed by atoms with E-state index in [0.29, 0.717) is 29.4 Å². The third-order valence-corrected chi connectivity index (χ3v) is 6.41. The molecule has 33 heavy (non-hydrogen) atoms. The summed E-state index contributed by atoms with van der Waals surface area (Å²) in [4.78, 5) is 41.5. The minimum Gasteiger partial charge on any atom is -0.324 e. The number of nitrogens with one attached hydrogen (secondary N) is 1. The van der Waals surface area contributed by atoms with Gasteiger partial charge in [0.25, 0.3) is 5.91 Å². The zero-order chi connectivity index (χ0) is 22.8. The molecule has 4 aromatic rings. The summed E-state index contributed by atoms with van der Waals surface area (Å²) in [5.74, 6) is -0.0672. The summed E-state index contributed by atoms with van der Waals surface area (Å²) >= 11 is 1.31. The summed E-state index contributed by atoms with van der Waals surface area (Å²) in [7, 11) is 0. The van der Waals surface area contributed by atoms with Crippen molar-refractivity contribution in [3.05, 3.63) is 89.2 Å². The van der Waals surface area contributed by atoms with Crippen LogP contribution in [0.5, 0.6) is 0 Å². The molecule has 5 rings (SSSR count). The van der Waals surface area contributed by atoms with Crippen molar-refractivity contribution in [2.45, 2.75) is 25.8 Å². The second-order valence-electron chi connectivity index (χ2n) is 7.82. The van der Waals surface area contributed by atoms with Gasteiger partial charge in [0.1, 0.15) is 11.7 Å². The molecular formula is C25H21N5O2S. The number of rotatable bonds is 4. The normalized spacial score (nSPS) is 15.1.